The summed E-state index contributed by atoms with van der Waals surface area (Å²) in [5.41, 5.74) is 6.98. The van der Waals surface area contributed by atoms with Crippen LogP contribution in [0.4, 0.5) is 5.69 Å². The highest BCUT2D eigenvalue weighted by molar-refractivity contribution is 5.92. The third-order valence-corrected chi connectivity index (χ3v) is 4.85. The van der Waals surface area contributed by atoms with E-state index in [2.05, 4.69) is 29.1 Å². The van der Waals surface area contributed by atoms with Gasteiger partial charge in [0.05, 0.1) is 19.8 Å². The maximum absolute atomic E-state index is 6.11. The van der Waals surface area contributed by atoms with Gasteiger partial charge in [-0.2, -0.15) is 0 Å². The van der Waals surface area contributed by atoms with Gasteiger partial charge in [0.2, 0.25) is 0 Å². The molecule has 2 heterocycles. The third kappa shape index (κ3) is 4.78. The van der Waals surface area contributed by atoms with Gasteiger partial charge in [0, 0.05) is 24.2 Å². The average Bonchev–Trinajstić information content (AvgIpc) is 3.00. The molecule has 0 aromatic heterocycles. The van der Waals surface area contributed by atoms with E-state index in [-0.39, 0.29) is 0 Å². The summed E-state index contributed by atoms with van der Waals surface area (Å²) in [4.78, 5) is 7.12. The van der Waals surface area contributed by atoms with Crippen LogP contribution < -0.4 is 20.5 Å². The molecule has 0 bridgehead atoms. The summed E-state index contributed by atoms with van der Waals surface area (Å²) < 4.78 is 11.4. The summed E-state index contributed by atoms with van der Waals surface area (Å²) >= 11 is 0. The van der Waals surface area contributed by atoms with Crippen molar-refractivity contribution in [2.45, 2.75) is 39.2 Å². The second-order valence-electron chi connectivity index (χ2n) is 7.12. The molecule has 0 radical (unpaired) electrons. The maximum atomic E-state index is 6.11. The lowest BCUT2D eigenvalue weighted by atomic mass is 10.0. The minimum Gasteiger partial charge on any atom is -0.490 e. The predicted octanol–water partition coefficient (Wildman–Crippen LogP) is 2.69. The van der Waals surface area contributed by atoms with E-state index in [4.69, 9.17) is 15.2 Å². The number of hydrogen-bond acceptors (Lipinski definition) is 4. The standard InChI is InChI=1S/C19H30N4O2/c1-14(2)16(23-8-3-4-9-23)13-21-19(20)22-15-6-7-17-18(12-15)25-11-5-10-24-17/h6-7,12,14,16H,3-5,8-11,13H2,1-2H3,(H3,20,21,22). The molecule has 0 saturated carbocycles. The fraction of sp³-hybridized carbons (Fsp3) is 0.632. The van der Waals surface area contributed by atoms with E-state index in [0.29, 0.717) is 31.1 Å². The van der Waals surface area contributed by atoms with Crippen molar-refractivity contribution in [2.24, 2.45) is 16.6 Å². The van der Waals surface area contributed by atoms with E-state index in [1.807, 2.05) is 18.2 Å². The first-order chi connectivity index (χ1) is 12.1. The topological polar surface area (TPSA) is 72.1 Å². The summed E-state index contributed by atoms with van der Waals surface area (Å²) in [6.07, 6.45) is 3.48. The first kappa shape index (κ1) is 17.9. The van der Waals surface area contributed by atoms with Gasteiger partial charge in [-0.1, -0.05) is 13.8 Å². The Bertz CT molecular complexity index is 597. The molecule has 3 rings (SSSR count). The van der Waals surface area contributed by atoms with Crippen LogP contribution in [0.5, 0.6) is 11.5 Å². The molecular formula is C19H30N4O2. The number of rotatable bonds is 5. The highest BCUT2D eigenvalue weighted by Crippen LogP contribution is 2.32. The second kappa shape index (κ2) is 8.43. The van der Waals surface area contributed by atoms with Gasteiger partial charge < -0.3 is 20.5 Å². The summed E-state index contributed by atoms with van der Waals surface area (Å²) in [6, 6.07) is 6.23. The number of ether oxygens (including phenoxy) is 2. The Morgan fingerprint density at radius 3 is 2.60 bits per heavy atom. The molecule has 0 amide bonds. The Hall–Kier alpha value is -1.95. The maximum Gasteiger partial charge on any atom is 0.193 e. The average molecular weight is 346 g/mol. The van der Waals surface area contributed by atoms with Crippen LogP contribution in [0, 0.1) is 5.92 Å². The van der Waals surface area contributed by atoms with E-state index in [1.54, 1.807) is 0 Å². The van der Waals surface area contributed by atoms with Crippen LogP contribution >= 0.6 is 0 Å². The molecule has 3 N–H and O–H groups in total. The predicted molar refractivity (Wildman–Crippen MR) is 102 cm³/mol. The molecule has 1 fully saturated rings. The molecule has 6 nitrogen and oxygen atoms in total. The minimum atomic E-state index is 0.444. The van der Waals surface area contributed by atoms with Crippen molar-refractivity contribution >= 4 is 11.6 Å². The monoisotopic (exact) mass is 346 g/mol. The van der Waals surface area contributed by atoms with Gasteiger partial charge >= 0.3 is 0 Å². The summed E-state index contributed by atoms with van der Waals surface area (Å²) in [5, 5.41) is 3.17. The summed E-state index contributed by atoms with van der Waals surface area (Å²) in [7, 11) is 0. The molecular weight excluding hydrogens is 316 g/mol. The largest absolute Gasteiger partial charge is 0.490 e. The van der Waals surface area contributed by atoms with Crippen LogP contribution in [0.15, 0.2) is 23.2 Å². The van der Waals surface area contributed by atoms with E-state index in [0.717, 1.165) is 30.2 Å². The number of hydrogen-bond donors (Lipinski definition) is 2. The molecule has 2 aliphatic heterocycles. The lowest BCUT2D eigenvalue weighted by Gasteiger charge is -2.29. The van der Waals surface area contributed by atoms with Gasteiger partial charge in [-0.05, 0) is 44.0 Å². The minimum absolute atomic E-state index is 0.444. The molecule has 1 aromatic carbocycles. The first-order valence-corrected chi connectivity index (χ1v) is 9.34. The van der Waals surface area contributed by atoms with Gasteiger partial charge in [0.1, 0.15) is 0 Å². The highest BCUT2D eigenvalue weighted by atomic mass is 16.5. The van der Waals surface area contributed by atoms with Crippen molar-refractivity contribution in [2.75, 3.05) is 38.2 Å². The Kier molecular flexibility index (Phi) is 6.02. The number of benzene rings is 1. The molecule has 6 heteroatoms. The number of fused-ring (bicyclic) bond motifs is 1. The molecule has 2 aliphatic rings. The molecule has 0 spiro atoms. The van der Waals surface area contributed by atoms with E-state index in [9.17, 15) is 0 Å². The molecule has 1 saturated heterocycles. The Balaban J connectivity index is 1.61. The molecule has 25 heavy (non-hydrogen) atoms. The van der Waals surface area contributed by atoms with Gasteiger partial charge in [-0.3, -0.25) is 9.89 Å². The fourth-order valence-electron chi connectivity index (χ4n) is 3.44. The zero-order chi connectivity index (χ0) is 17.6. The zero-order valence-corrected chi connectivity index (χ0v) is 15.3. The lowest BCUT2D eigenvalue weighted by Crippen LogP contribution is -2.40. The molecule has 138 valence electrons. The van der Waals surface area contributed by atoms with Crippen molar-refractivity contribution in [1.29, 1.82) is 0 Å². The molecule has 1 aromatic rings. The quantitative estimate of drug-likeness (QED) is 0.633. The highest BCUT2D eigenvalue weighted by Gasteiger charge is 2.24. The molecule has 1 atom stereocenters. The van der Waals surface area contributed by atoms with Gasteiger partial charge in [0.25, 0.3) is 0 Å². The number of anilines is 1. The van der Waals surface area contributed by atoms with Crippen LogP contribution in [0.25, 0.3) is 0 Å². The van der Waals surface area contributed by atoms with Crippen LogP contribution in [0.3, 0.4) is 0 Å². The van der Waals surface area contributed by atoms with Crippen LogP contribution in [0.1, 0.15) is 33.1 Å². The first-order valence-electron chi connectivity index (χ1n) is 9.34. The zero-order valence-electron chi connectivity index (χ0n) is 15.3. The van der Waals surface area contributed by atoms with Crippen molar-refractivity contribution in [3.8, 4) is 11.5 Å². The summed E-state index contributed by atoms with van der Waals surface area (Å²) in [5.74, 6) is 2.55. The second-order valence-corrected chi connectivity index (χ2v) is 7.12. The van der Waals surface area contributed by atoms with E-state index >= 15 is 0 Å². The van der Waals surface area contributed by atoms with Crippen molar-refractivity contribution in [1.82, 2.24) is 4.90 Å². The van der Waals surface area contributed by atoms with Crippen molar-refractivity contribution in [3.63, 3.8) is 0 Å². The van der Waals surface area contributed by atoms with E-state index in [1.165, 1.54) is 25.9 Å². The normalized spacial score (nSPS) is 19.7. The van der Waals surface area contributed by atoms with Gasteiger partial charge in [-0.25, -0.2) is 0 Å². The van der Waals surface area contributed by atoms with Crippen LogP contribution in [0.2, 0.25) is 0 Å². The number of nitrogens with two attached hydrogens (primary N) is 1. The van der Waals surface area contributed by atoms with Gasteiger partial charge in [-0.15, -0.1) is 0 Å². The fourth-order valence-corrected chi connectivity index (χ4v) is 3.44. The van der Waals surface area contributed by atoms with Crippen molar-refractivity contribution in [3.05, 3.63) is 18.2 Å². The number of likely N-dealkylation sites (tertiary alicyclic amines) is 1. The lowest BCUT2D eigenvalue weighted by molar-refractivity contribution is 0.198. The Morgan fingerprint density at radius 2 is 1.88 bits per heavy atom. The van der Waals surface area contributed by atoms with Crippen LogP contribution in [-0.2, 0) is 0 Å². The van der Waals surface area contributed by atoms with Gasteiger partial charge in [0.15, 0.2) is 17.5 Å². The Labute approximate surface area is 150 Å². The number of guanidine groups is 1. The number of nitrogens with one attached hydrogen (secondary N) is 1. The SMILES string of the molecule is CC(C)C(CN=C(N)Nc1ccc2c(c1)OCCCO2)N1CCCC1. The van der Waals surface area contributed by atoms with Crippen LogP contribution in [-0.4, -0.2) is 49.7 Å². The van der Waals surface area contributed by atoms with Crippen molar-refractivity contribution < 1.29 is 9.47 Å². The number of nitrogens with zero attached hydrogens (tertiary/aromatic N) is 2. The third-order valence-electron chi connectivity index (χ3n) is 4.85. The molecule has 1 unspecified atom stereocenters. The summed E-state index contributed by atoms with van der Waals surface area (Å²) in [6.45, 7) is 8.95. The Morgan fingerprint density at radius 1 is 1.16 bits per heavy atom. The molecule has 0 aliphatic carbocycles. The number of aliphatic imine (C=N–C) groups is 1. The van der Waals surface area contributed by atoms with E-state index < -0.39 is 0 Å². The smallest absolute Gasteiger partial charge is 0.193 e.